The summed E-state index contributed by atoms with van der Waals surface area (Å²) in [5.41, 5.74) is 5.11. The second-order valence-corrected chi connectivity index (χ2v) is 8.38. The second kappa shape index (κ2) is 9.41. The van der Waals surface area contributed by atoms with Gasteiger partial charge in [0.25, 0.3) is 5.91 Å². The van der Waals surface area contributed by atoms with E-state index in [4.69, 9.17) is 4.98 Å². The van der Waals surface area contributed by atoms with E-state index in [1.54, 1.807) is 23.9 Å². The molecule has 0 radical (unpaired) electrons. The third-order valence-corrected chi connectivity index (χ3v) is 6.14. The number of aryl methyl sites for hydroxylation is 4. The molecule has 0 fully saturated rings. The number of aromatic nitrogens is 3. The van der Waals surface area contributed by atoms with E-state index >= 15 is 0 Å². The summed E-state index contributed by atoms with van der Waals surface area (Å²) < 4.78 is 3.17. The number of hydrogen-bond acceptors (Lipinski definition) is 4. The van der Waals surface area contributed by atoms with Crippen molar-refractivity contribution in [1.29, 1.82) is 0 Å². The van der Waals surface area contributed by atoms with Crippen molar-refractivity contribution >= 4 is 45.0 Å². The Kier molecular flexibility index (Phi) is 6.90. The minimum absolute atomic E-state index is 0. The maximum Gasteiger partial charge on any atom is 0.260 e. The van der Waals surface area contributed by atoms with Crippen molar-refractivity contribution < 1.29 is 4.79 Å². The van der Waals surface area contributed by atoms with Crippen LogP contribution in [0.3, 0.4) is 0 Å². The Hall–Kier alpha value is -2.70. The summed E-state index contributed by atoms with van der Waals surface area (Å²) in [7, 11) is 0. The zero-order chi connectivity index (χ0) is 20.4. The van der Waals surface area contributed by atoms with Gasteiger partial charge in [-0.1, -0.05) is 35.1 Å². The molecule has 0 N–H and O–H groups in total. The van der Waals surface area contributed by atoms with Crippen molar-refractivity contribution in [2.45, 2.75) is 33.7 Å². The quantitative estimate of drug-likeness (QED) is 0.393. The number of carbonyl (C=O) groups excluding carboxylic acids is 1. The molecule has 0 spiro atoms. The van der Waals surface area contributed by atoms with E-state index in [1.807, 2.05) is 46.9 Å². The summed E-state index contributed by atoms with van der Waals surface area (Å²) in [6, 6.07) is 12.0. The molecular formula is C23H25ClN4OS. The number of rotatable bonds is 6. The van der Waals surface area contributed by atoms with Crippen molar-refractivity contribution in [2.75, 3.05) is 11.4 Å². The molecule has 2 heterocycles. The molecule has 0 saturated heterocycles. The number of halogens is 1. The van der Waals surface area contributed by atoms with Crippen molar-refractivity contribution in [3.05, 3.63) is 77.4 Å². The highest BCUT2D eigenvalue weighted by Crippen LogP contribution is 2.33. The lowest BCUT2D eigenvalue weighted by Gasteiger charge is -2.20. The van der Waals surface area contributed by atoms with Crippen molar-refractivity contribution in [3.63, 3.8) is 0 Å². The van der Waals surface area contributed by atoms with Crippen LogP contribution in [-0.4, -0.2) is 27.0 Å². The first kappa shape index (κ1) is 22.0. The average molecular weight is 441 g/mol. The van der Waals surface area contributed by atoms with Crippen LogP contribution in [0.5, 0.6) is 0 Å². The number of benzene rings is 2. The lowest BCUT2D eigenvalue weighted by Crippen LogP contribution is -2.32. The van der Waals surface area contributed by atoms with E-state index in [0.717, 1.165) is 33.9 Å². The summed E-state index contributed by atoms with van der Waals surface area (Å²) in [5.74, 6) is -0.00670. The van der Waals surface area contributed by atoms with Crippen LogP contribution in [0.4, 0.5) is 5.13 Å². The summed E-state index contributed by atoms with van der Waals surface area (Å²) in [4.78, 5) is 24.1. The fourth-order valence-electron chi connectivity index (χ4n) is 3.53. The fraction of sp³-hybridized carbons (Fsp3) is 0.261. The molecular weight excluding hydrogens is 416 g/mol. The van der Waals surface area contributed by atoms with Gasteiger partial charge in [-0.3, -0.25) is 9.69 Å². The Labute approximate surface area is 186 Å². The van der Waals surface area contributed by atoms with E-state index in [-0.39, 0.29) is 18.3 Å². The largest absolute Gasteiger partial charge is 0.337 e. The summed E-state index contributed by atoms with van der Waals surface area (Å²) in [5, 5.41) is 0.755. The van der Waals surface area contributed by atoms with Crippen LogP contribution < -0.4 is 4.90 Å². The van der Waals surface area contributed by atoms with Crippen LogP contribution in [0, 0.1) is 20.8 Å². The molecule has 2 aromatic carbocycles. The van der Waals surface area contributed by atoms with Crippen LogP contribution >= 0.6 is 23.7 Å². The predicted octanol–water partition coefficient (Wildman–Crippen LogP) is 5.58. The molecule has 0 aliphatic heterocycles. The molecule has 7 heteroatoms. The van der Waals surface area contributed by atoms with Gasteiger partial charge in [0.1, 0.15) is 0 Å². The molecule has 4 aromatic rings. The van der Waals surface area contributed by atoms with Crippen molar-refractivity contribution in [2.24, 2.45) is 0 Å². The van der Waals surface area contributed by atoms with Crippen molar-refractivity contribution in [1.82, 2.24) is 14.5 Å². The molecule has 0 unspecified atom stereocenters. The molecule has 0 atom stereocenters. The SMILES string of the molecule is Cc1cccc(C(=O)N(CCCn2ccnc2)c2nc3cc(C)cc(C)c3s2)c1.Cl. The first-order valence-electron chi connectivity index (χ1n) is 9.73. The smallest absolute Gasteiger partial charge is 0.260 e. The van der Waals surface area contributed by atoms with Gasteiger partial charge < -0.3 is 4.57 Å². The molecule has 0 aliphatic rings. The number of hydrogen-bond donors (Lipinski definition) is 0. The molecule has 5 nitrogen and oxygen atoms in total. The summed E-state index contributed by atoms with van der Waals surface area (Å²) >= 11 is 1.59. The van der Waals surface area contributed by atoms with E-state index in [9.17, 15) is 4.79 Å². The molecule has 4 rings (SSSR count). The van der Waals surface area contributed by atoms with Gasteiger partial charge >= 0.3 is 0 Å². The van der Waals surface area contributed by atoms with Gasteiger partial charge in [-0.15, -0.1) is 12.4 Å². The topological polar surface area (TPSA) is 51.0 Å². The number of fused-ring (bicyclic) bond motifs is 1. The first-order chi connectivity index (χ1) is 14.0. The van der Waals surface area contributed by atoms with E-state index in [2.05, 4.69) is 31.0 Å². The minimum atomic E-state index is -0.00670. The zero-order valence-corrected chi connectivity index (χ0v) is 19.0. The first-order valence-corrected chi connectivity index (χ1v) is 10.5. The number of anilines is 1. The monoisotopic (exact) mass is 440 g/mol. The van der Waals surface area contributed by atoms with Gasteiger partial charge in [0.05, 0.1) is 16.5 Å². The Morgan fingerprint density at radius 1 is 1.13 bits per heavy atom. The molecule has 0 saturated carbocycles. The Morgan fingerprint density at radius 2 is 1.97 bits per heavy atom. The maximum atomic E-state index is 13.4. The van der Waals surface area contributed by atoms with Gasteiger partial charge in [-0.25, -0.2) is 9.97 Å². The summed E-state index contributed by atoms with van der Waals surface area (Å²) in [6.07, 6.45) is 6.34. The van der Waals surface area contributed by atoms with Crippen LogP contribution in [0.1, 0.15) is 33.5 Å². The number of thiazole rings is 1. The standard InChI is InChI=1S/C23H24N4OS.ClH/c1-16-6-4-7-19(13-16)22(28)27(10-5-9-26-11-8-24-15-26)23-25-20-14-17(2)12-18(3)21(20)29-23;/h4,6-8,11-15H,5,9-10H2,1-3H3;1H. The summed E-state index contributed by atoms with van der Waals surface area (Å²) in [6.45, 7) is 7.59. The highest BCUT2D eigenvalue weighted by molar-refractivity contribution is 7.22. The van der Waals surface area contributed by atoms with E-state index in [0.29, 0.717) is 12.1 Å². The van der Waals surface area contributed by atoms with Crippen LogP contribution in [-0.2, 0) is 6.54 Å². The minimum Gasteiger partial charge on any atom is -0.337 e. The third kappa shape index (κ3) is 4.71. The lowest BCUT2D eigenvalue weighted by molar-refractivity contribution is 0.0986. The number of nitrogens with zero attached hydrogens (tertiary/aromatic N) is 4. The maximum absolute atomic E-state index is 13.4. The normalized spacial score (nSPS) is 10.8. The third-order valence-electron chi connectivity index (χ3n) is 4.91. The molecule has 0 bridgehead atoms. The highest BCUT2D eigenvalue weighted by atomic mass is 35.5. The van der Waals surface area contributed by atoms with Gasteiger partial charge in [0, 0.05) is 31.0 Å². The molecule has 0 aliphatic carbocycles. The lowest BCUT2D eigenvalue weighted by atomic mass is 10.1. The Morgan fingerprint density at radius 3 is 2.70 bits per heavy atom. The molecule has 156 valence electrons. The van der Waals surface area contributed by atoms with Crippen LogP contribution in [0.15, 0.2) is 55.1 Å². The zero-order valence-electron chi connectivity index (χ0n) is 17.3. The highest BCUT2D eigenvalue weighted by Gasteiger charge is 2.21. The van der Waals surface area contributed by atoms with Gasteiger partial charge in [0.15, 0.2) is 5.13 Å². The van der Waals surface area contributed by atoms with Crippen LogP contribution in [0.2, 0.25) is 0 Å². The van der Waals surface area contributed by atoms with Crippen molar-refractivity contribution in [3.8, 4) is 0 Å². The average Bonchev–Trinajstić information content (AvgIpc) is 3.34. The Bertz CT molecular complexity index is 1150. The van der Waals surface area contributed by atoms with Gasteiger partial charge in [-0.05, 0) is 56.5 Å². The second-order valence-electron chi connectivity index (χ2n) is 7.41. The van der Waals surface area contributed by atoms with Gasteiger partial charge in [-0.2, -0.15) is 0 Å². The van der Waals surface area contributed by atoms with E-state index < -0.39 is 0 Å². The molecule has 1 amide bonds. The number of amides is 1. The predicted molar refractivity (Wildman–Crippen MR) is 126 cm³/mol. The fourth-order valence-corrected chi connectivity index (χ4v) is 4.57. The van der Waals surface area contributed by atoms with Gasteiger partial charge in [0.2, 0.25) is 0 Å². The Balaban J connectivity index is 0.00000256. The number of carbonyl (C=O) groups is 1. The van der Waals surface area contributed by atoms with Crippen LogP contribution in [0.25, 0.3) is 10.2 Å². The number of imidazole rings is 1. The molecule has 30 heavy (non-hydrogen) atoms. The van der Waals surface area contributed by atoms with E-state index in [1.165, 1.54) is 11.1 Å². The molecule has 2 aromatic heterocycles.